The van der Waals surface area contributed by atoms with Crippen LogP contribution >= 0.6 is 26.6 Å². The topological polar surface area (TPSA) is 320 Å². The van der Waals surface area contributed by atoms with Crippen molar-refractivity contribution in [2.75, 3.05) is 108 Å². The molecule has 30 heteroatoms. The third kappa shape index (κ3) is 21.4. The lowest BCUT2D eigenvalue weighted by molar-refractivity contribution is -0.385. The van der Waals surface area contributed by atoms with Gasteiger partial charge in [-0.05, 0) is 50.5 Å². The van der Waals surface area contributed by atoms with Gasteiger partial charge in [0.25, 0.3) is 9.05 Å². The van der Waals surface area contributed by atoms with E-state index in [0.717, 1.165) is 43.2 Å². The molecule has 0 atom stereocenters. The van der Waals surface area contributed by atoms with Crippen molar-refractivity contribution in [3.05, 3.63) is 93.0 Å². The molecule has 0 bridgehead atoms. The van der Waals surface area contributed by atoms with Gasteiger partial charge >= 0.3 is 11.4 Å². The van der Waals surface area contributed by atoms with Gasteiger partial charge in [-0.2, -0.15) is 0 Å². The number of rotatable bonds is 15. The number of methoxy groups -OCH3 is 4. The number of nitro groups is 2. The van der Waals surface area contributed by atoms with Gasteiger partial charge in [-0.3, -0.25) is 20.2 Å². The number of nitro benzene ring substituents is 2. The van der Waals surface area contributed by atoms with Crippen LogP contribution < -0.4 is 35.3 Å². The average Bonchev–Trinajstić information content (AvgIpc) is 3.33. The van der Waals surface area contributed by atoms with E-state index in [4.69, 9.17) is 43.5 Å². The van der Waals surface area contributed by atoms with Crippen LogP contribution in [-0.2, 0) is 39.1 Å². The molecule has 0 radical (unpaired) electrons. The molecule has 4 aromatic rings. The highest BCUT2D eigenvalue weighted by Gasteiger charge is 2.24. The van der Waals surface area contributed by atoms with Gasteiger partial charge in [-0.25, -0.2) is 46.6 Å². The molecule has 72 heavy (non-hydrogen) atoms. The fraction of sp³-hybridized carbons (Fsp3) is 0.333. The summed E-state index contributed by atoms with van der Waals surface area (Å²) < 4.78 is 116. The van der Waals surface area contributed by atoms with Crippen molar-refractivity contribution < 1.29 is 62.5 Å². The lowest BCUT2D eigenvalue weighted by Gasteiger charge is -2.14. The summed E-state index contributed by atoms with van der Waals surface area (Å²) >= 11 is 3.01. The molecule has 0 aliphatic rings. The normalized spacial score (nSPS) is 10.8. The highest BCUT2D eigenvalue weighted by atomic mass is 79.9. The summed E-state index contributed by atoms with van der Waals surface area (Å²) in [5.41, 5.74) is 6.07. The van der Waals surface area contributed by atoms with E-state index < -0.39 is 49.0 Å². The second-order valence-corrected chi connectivity index (χ2v) is 23.2. The van der Waals surface area contributed by atoms with E-state index in [2.05, 4.69) is 43.1 Å². The largest absolute Gasteiger partial charge is 0.495 e. The van der Waals surface area contributed by atoms with E-state index >= 15 is 0 Å². The van der Waals surface area contributed by atoms with Crippen LogP contribution in [0.15, 0.2) is 92.4 Å². The van der Waals surface area contributed by atoms with Crippen LogP contribution in [0.2, 0.25) is 0 Å². The molecule has 0 amide bonds. The number of nitrogen functional groups attached to an aromatic ring is 1. The second kappa shape index (κ2) is 32.2. The van der Waals surface area contributed by atoms with Crippen LogP contribution in [0.25, 0.3) is 0 Å². The number of hydrogen-bond acceptors (Lipinski definition) is 19. The number of anilines is 2. The summed E-state index contributed by atoms with van der Waals surface area (Å²) in [6.07, 6.45) is 9.88. The molecule has 4 rings (SSSR count). The summed E-state index contributed by atoms with van der Waals surface area (Å²) in [7, 11) is 8.41. The quantitative estimate of drug-likeness (QED) is 0.0361. The minimum absolute atomic E-state index is 0.0510. The zero-order valence-corrected chi connectivity index (χ0v) is 46.8. The Balaban J connectivity index is 0. The van der Waals surface area contributed by atoms with Crippen molar-refractivity contribution in [2.24, 2.45) is 0 Å². The minimum Gasteiger partial charge on any atom is -0.495 e. The van der Waals surface area contributed by atoms with Gasteiger partial charge in [-0.15, -0.1) is 12.8 Å². The van der Waals surface area contributed by atoms with Crippen LogP contribution in [-0.4, -0.2) is 153 Å². The first-order chi connectivity index (χ1) is 33.3. The summed E-state index contributed by atoms with van der Waals surface area (Å²) in [6.45, 7) is 0.343. The van der Waals surface area contributed by atoms with Crippen molar-refractivity contribution in [1.29, 1.82) is 0 Å². The highest BCUT2D eigenvalue weighted by molar-refractivity contribution is 9.09. The number of alkyl halides is 1. The SMILES string of the molecule is C#CCBr.C#CCNc1ccc(S(=O)(=O)N(C)C)cc1OC.CNC.COc1cc(S(=O)(=O)Cl)ccc1[N+](=O)[O-].COc1cc(S(=O)(=O)N(C)C)ccc1N.COc1cc(S(=O)(=O)N(C)C)ccc1[N+](=O)[O-]. The Labute approximate surface area is 434 Å². The number of benzene rings is 4. The van der Waals surface area contributed by atoms with Crippen LogP contribution in [0.4, 0.5) is 22.7 Å². The first-order valence-electron chi connectivity index (χ1n) is 19.6. The van der Waals surface area contributed by atoms with Crippen molar-refractivity contribution in [3.63, 3.8) is 0 Å². The summed E-state index contributed by atoms with van der Waals surface area (Å²) in [6, 6.07) is 15.5. The molecule has 0 aliphatic heterocycles. The van der Waals surface area contributed by atoms with E-state index in [1.807, 2.05) is 14.1 Å². The number of hydrogen-bond donors (Lipinski definition) is 3. The van der Waals surface area contributed by atoms with Gasteiger partial charge in [0.15, 0.2) is 11.5 Å². The lowest BCUT2D eigenvalue weighted by atomic mass is 10.3. The molecule has 0 fully saturated rings. The summed E-state index contributed by atoms with van der Waals surface area (Å²) in [5.74, 6) is 5.35. The maximum absolute atomic E-state index is 11.9. The van der Waals surface area contributed by atoms with Crippen molar-refractivity contribution in [3.8, 4) is 47.7 Å². The molecule has 400 valence electrons. The van der Waals surface area contributed by atoms with E-state index in [1.165, 1.54) is 107 Å². The first kappa shape index (κ1) is 68.1. The number of nitrogens with zero attached hydrogens (tertiary/aromatic N) is 5. The minimum atomic E-state index is -3.91. The summed E-state index contributed by atoms with van der Waals surface area (Å²) in [5, 5.41) is 27.5. The maximum atomic E-state index is 11.9. The number of sulfonamides is 3. The van der Waals surface area contributed by atoms with Crippen LogP contribution in [0.5, 0.6) is 23.0 Å². The lowest BCUT2D eigenvalue weighted by Crippen LogP contribution is -2.22. The van der Waals surface area contributed by atoms with Crippen LogP contribution in [0, 0.1) is 44.9 Å². The molecule has 0 saturated heterocycles. The summed E-state index contributed by atoms with van der Waals surface area (Å²) in [4.78, 5) is 19.9. The van der Waals surface area contributed by atoms with Gasteiger partial charge in [0, 0.05) is 89.4 Å². The van der Waals surface area contributed by atoms with Gasteiger partial charge in [-0.1, -0.05) is 27.8 Å². The Kier molecular flexibility index (Phi) is 30.4. The highest BCUT2D eigenvalue weighted by Crippen LogP contribution is 2.32. The molecule has 0 aliphatic carbocycles. The molecule has 4 aromatic carbocycles. The molecule has 0 saturated carbocycles. The molecular weight excluding hydrogens is 1120 g/mol. The fourth-order valence-corrected chi connectivity index (χ4v) is 8.06. The Morgan fingerprint density at radius 1 is 0.597 bits per heavy atom. The molecule has 0 aromatic heterocycles. The second-order valence-electron chi connectivity index (χ2n) is 13.6. The fourth-order valence-electron chi connectivity index (χ4n) is 4.54. The molecule has 0 unspecified atom stereocenters. The molecule has 4 N–H and O–H groups in total. The number of nitrogens with one attached hydrogen (secondary N) is 2. The van der Waals surface area contributed by atoms with E-state index in [1.54, 1.807) is 6.07 Å². The van der Waals surface area contributed by atoms with Gasteiger partial charge < -0.3 is 35.3 Å². The smallest absolute Gasteiger partial charge is 0.310 e. The van der Waals surface area contributed by atoms with E-state index in [0.29, 0.717) is 34.7 Å². The monoisotopic (exact) mass is 1170 g/mol. The van der Waals surface area contributed by atoms with Gasteiger partial charge in [0.2, 0.25) is 30.1 Å². The first-order valence-corrected chi connectivity index (χ1v) is 27.3. The predicted molar refractivity (Wildman–Crippen MR) is 280 cm³/mol. The van der Waals surface area contributed by atoms with E-state index in [-0.39, 0.29) is 42.5 Å². The molecule has 0 heterocycles. The van der Waals surface area contributed by atoms with Crippen molar-refractivity contribution in [1.82, 2.24) is 18.2 Å². The third-order valence-electron chi connectivity index (χ3n) is 8.15. The predicted octanol–water partition coefficient (Wildman–Crippen LogP) is 4.75. The molecule has 0 spiro atoms. The maximum Gasteiger partial charge on any atom is 0.310 e. The van der Waals surface area contributed by atoms with Crippen LogP contribution in [0.3, 0.4) is 0 Å². The van der Waals surface area contributed by atoms with Gasteiger partial charge in [0.05, 0.1) is 81.1 Å². The zero-order valence-electron chi connectivity index (χ0n) is 41.2. The average molecular weight is 1170 g/mol. The Bertz CT molecular complexity index is 2970. The zero-order chi connectivity index (χ0) is 56.4. The Morgan fingerprint density at radius 2 is 0.903 bits per heavy atom. The number of ether oxygens (including phenoxy) is 4. The standard InChI is InChI=1S/C12H16N2O3S.C9H12N2O5S.C9H14N2O3S.C7H6ClNO5S.C3H3Br.C2H7N/c1-5-8-13-11-7-6-10(9-12(11)17-4)18(15,16)14(2)3;1-10(2)17(14,15)7-4-5-8(11(12)13)9(6-7)16-3;1-11(2)15(12,13)7-4-5-8(10)9(6-7)14-3;1-14-7-4-5(15(8,12)13)2-3-6(7)9(10)11;1-2-3-4;1-3-2/h1,6-7,9,13H,8H2,2-4H3;4-6H,1-3H3;4-6H,10H2,1-3H3;2-4H,1H3;1H,3H2;3H,1-2H3. The number of terminal acetylenes is 2. The molecular formula is C42H58BrClN8O16S4. The van der Waals surface area contributed by atoms with Gasteiger partial charge in [0.1, 0.15) is 11.5 Å². The van der Waals surface area contributed by atoms with E-state index in [9.17, 15) is 53.9 Å². The Hall–Kier alpha value is -5.99. The molecule has 24 nitrogen and oxygen atoms in total. The number of halogens is 2. The van der Waals surface area contributed by atoms with Crippen LogP contribution in [0.1, 0.15) is 0 Å². The van der Waals surface area contributed by atoms with Crippen molar-refractivity contribution >= 4 is 88.5 Å². The Morgan fingerprint density at radius 3 is 1.21 bits per heavy atom. The van der Waals surface area contributed by atoms with Crippen molar-refractivity contribution in [2.45, 2.75) is 19.6 Å². The number of nitrogens with two attached hydrogens (primary N) is 1. The third-order valence-corrected chi connectivity index (χ3v) is 15.3.